The van der Waals surface area contributed by atoms with Gasteiger partial charge in [0.2, 0.25) is 0 Å². The molecule has 0 radical (unpaired) electrons. The van der Waals surface area contributed by atoms with Crippen molar-refractivity contribution in [2.75, 3.05) is 7.11 Å². The van der Waals surface area contributed by atoms with Crippen molar-refractivity contribution in [1.82, 2.24) is 5.32 Å². The van der Waals surface area contributed by atoms with E-state index in [-0.39, 0.29) is 0 Å². The van der Waals surface area contributed by atoms with Gasteiger partial charge < -0.3 is 19.2 Å². The molecule has 4 nitrogen and oxygen atoms in total. The molecule has 0 atom stereocenters. The largest absolute Gasteiger partial charge is 0.493 e. The zero-order valence-corrected chi connectivity index (χ0v) is 14.8. The second kappa shape index (κ2) is 8.24. The number of hydrogen-bond donors (Lipinski definition) is 1. The Kier molecular flexibility index (Phi) is 5.80. The molecular weight excluding hydrogens is 346 g/mol. The summed E-state index contributed by atoms with van der Waals surface area (Å²) in [5.74, 6) is 2.10. The lowest BCUT2D eigenvalue weighted by atomic mass is 10.2. The van der Waals surface area contributed by atoms with Crippen LogP contribution in [0.4, 0.5) is 0 Å². The minimum atomic E-state index is 0.476. The van der Waals surface area contributed by atoms with E-state index in [9.17, 15) is 0 Å². The minimum absolute atomic E-state index is 0.476. The Hall–Kier alpha value is -1.95. The molecule has 0 amide bonds. The molecule has 0 aliphatic heterocycles. The number of ether oxygens (including phenoxy) is 2. The Morgan fingerprint density at radius 3 is 2.83 bits per heavy atom. The van der Waals surface area contributed by atoms with Crippen LogP contribution in [0.15, 0.2) is 52.5 Å². The smallest absolute Gasteiger partial charge is 0.180 e. The third kappa shape index (κ3) is 4.32. The molecule has 2 aromatic heterocycles. The Labute approximate surface area is 150 Å². The summed E-state index contributed by atoms with van der Waals surface area (Å²) in [6.07, 6.45) is 1.66. The van der Waals surface area contributed by atoms with Gasteiger partial charge in [-0.3, -0.25) is 0 Å². The van der Waals surface area contributed by atoms with Gasteiger partial charge in [0, 0.05) is 11.4 Å². The second-order valence-corrected chi connectivity index (χ2v) is 6.60. The summed E-state index contributed by atoms with van der Waals surface area (Å²) in [5, 5.41) is 5.87. The van der Waals surface area contributed by atoms with Crippen LogP contribution in [0.25, 0.3) is 0 Å². The maximum Gasteiger partial charge on any atom is 0.180 e. The van der Waals surface area contributed by atoms with Gasteiger partial charge in [0.1, 0.15) is 12.4 Å². The molecule has 6 heteroatoms. The molecule has 0 aliphatic rings. The van der Waals surface area contributed by atoms with Crippen molar-refractivity contribution in [2.24, 2.45) is 0 Å². The first kappa shape index (κ1) is 16.9. The van der Waals surface area contributed by atoms with Gasteiger partial charge in [0.25, 0.3) is 0 Å². The number of benzene rings is 1. The van der Waals surface area contributed by atoms with Crippen LogP contribution in [0, 0.1) is 0 Å². The third-order valence-electron chi connectivity index (χ3n) is 3.44. The fourth-order valence-electron chi connectivity index (χ4n) is 2.30. The monoisotopic (exact) mass is 363 g/mol. The summed E-state index contributed by atoms with van der Waals surface area (Å²) in [7, 11) is 1.61. The summed E-state index contributed by atoms with van der Waals surface area (Å²) in [6.45, 7) is 1.79. The molecule has 3 aromatic rings. The van der Waals surface area contributed by atoms with Crippen molar-refractivity contribution >= 4 is 22.9 Å². The number of halogens is 1. The van der Waals surface area contributed by atoms with E-state index in [0.29, 0.717) is 36.2 Å². The van der Waals surface area contributed by atoms with Crippen LogP contribution in [0.1, 0.15) is 16.2 Å². The normalized spacial score (nSPS) is 10.8. The van der Waals surface area contributed by atoms with Crippen molar-refractivity contribution < 1.29 is 13.9 Å². The van der Waals surface area contributed by atoms with E-state index in [1.165, 1.54) is 0 Å². The fraction of sp³-hybridized carbons (Fsp3) is 0.222. The summed E-state index contributed by atoms with van der Waals surface area (Å²) >= 11 is 8.03. The van der Waals surface area contributed by atoms with Gasteiger partial charge >= 0.3 is 0 Å². The van der Waals surface area contributed by atoms with Crippen molar-refractivity contribution in [1.29, 1.82) is 0 Å². The van der Waals surface area contributed by atoms with E-state index in [1.807, 2.05) is 41.8 Å². The molecule has 3 rings (SSSR count). The molecular formula is C18H18ClNO3S. The quantitative estimate of drug-likeness (QED) is 0.620. The fourth-order valence-corrected chi connectivity index (χ4v) is 3.20. The number of hydrogen-bond acceptors (Lipinski definition) is 5. The van der Waals surface area contributed by atoms with Crippen LogP contribution in [0.5, 0.6) is 11.5 Å². The van der Waals surface area contributed by atoms with E-state index in [0.717, 1.165) is 16.2 Å². The van der Waals surface area contributed by atoms with E-state index in [2.05, 4.69) is 5.32 Å². The first-order chi connectivity index (χ1) is 11.8. The second-order valence-electron chi connectivity index (χ2n) is 5.16. The lowest BCUT2D eigenvalue weighted by Crippen LogP contribution is -2.12. The molecule has 0 spiro atoms. The van der Waals surface area contributed by atoms with Gasteiger partial charge in [-0.25, -0.2) is 0 Å². The SMILES string of the molecule is COc1cc(CNCc2ccco2)cc(Cl)c1OCc1cccs1. The van der Waals surface area contributed by atoms with Crippen LogP contribution in [-0.4, -0.2) is 7.11 Å². The number of thiophene rings is 1. The van der Waals surface area contributed by atoms with Gasteiger partial charge in [-0.05, 0) is 41.3 Å². The highest BCUT2D eigenvalue weighted by Gasteiger charge is 2.12. The summed E-state index contributed by atoms with van der Waals surface area (Å²) in [5.41, 5.74) is 1.02. The van der Waals surface area contributed by atoms with Gasteiger partial charge in [-0.2, -0.15) is 0 Å². The minimum Gasteiger partial charge on any atom is -0.493 e. The molecule has 0 bridgehead atoms. The average molecular weight is 364 g/mol. The Morgan fingerprint density at radius 1 is 1.21 bits per heavy atom. The van der Waals surface area contributed by atoms with Crippen molar-refractivity contribution in [3.63, 3.8) is 0 Å². The van der Waals surface area contributed by atoms with Crippen molar-refractivity contribution in [3.8, 4) is 11.5 Å². The van der Waals surface area contributed by atoms with E-state index in [4.69, 9.17) is 25.5 Å². The lowest BCUT2D eigenvalue weighted by molar-refractivity contribution is 0.287. The molecule has 1 N–H and O–H groups in total. The van der Waals surface area contributed by atoms with Crippen LogP contribution < -0.4 is 14.8 Å². The van der Waals surface area contributed by atoms with E-state index >= 15 is 0 Å². The van der Waals surface area contributed by atoms with E-state index in [1.54, 1.807) is 24.7 Å². The third-order valence-corrected chi connectivity index (χ3v) is 4.57. The lowest BCUT2D eigenvalue weighted by Gasteiger charge is -2.14. The van der Waals surface area contributed by atoms with Crippen LogP contribution >= 0.6 is 22.9 Å². The van der Waals surface area contributed by atoms with Crippen LogP contribution in [0.3, 0.4) is 0 Å². The molecule has 0 saturated carbocycles. The van der Waals surface area contributed by atoms with Crippen molar-refractivity contribution in [2.45, 2.75) is 19.7 Å². The molecule has 126 valence electrons. The molecule has 24 heavy (non-hydrogen) atoms. The molecule has 0 fully saturated rings. The number of furan rings is 1. The van der Waals surface area contributed by atoms with E-state index < -0.39 is 0 Å². The standard InChI is InChI=1S/C18H18ClNO3S/c1-21-17-9-13(10-20-11-14-4-2-6-22-14)8-16(19)18(17)23-12-15-5-3-7-24-15/h2-9,20H,10-12H2,1H3. The highest BCUT2D eigenvalue weighted by molar-refractivity contribution is 7.09. The highest BCUT2D eigenvalue weighted by Crippen LogP contribution is 2.37. The molecule has 0 aliphatic carbocycles. The predicted molar refractivity (Wildman–Crippen MR) is 95.9 cm³/mol. The molecule has 0 saturated heterocycles. The summed E-state index contributed by atoms with van der Waals surface area (Å²) in [6, 6.07) is 11.7. The topological polar surface area (TPSA) is 43.6 Å². The maximum atomic E-state index is 6.38. The Bertz CT molecular complexity index is 757. The zero-order chi connectivity index (χ0) is 16.8. The van der Waals surface area contributed by atoms with Gasteiger partial charge in [-0.15, -0.1) is 11.3 Å². The first-order valence-electron chi connectivity index (χ1n) is 7.51. The van der Waals surface area contributed by atoms with Crippen LogP contribution in [-0.2, 0) is 19.7 Å². The summed E-state index contributed by atoms with van der Waals surface area (Å²) in [4.78, 5) is 1.14. The summed E-state index contributed by atoms with van der Waals surface area (Å²) < 4.78 is 16.6. The predicted octanol–water partition coefficient (Wildman–Crippen LogP) is 4.87. The van der Waals surface area contributed by atoms with Crippen molar-refractivity contribution in [3.05, 3.63) is 69.3 Å². The van der Waals surface area contributed by atoms with Crippen LogP contribution in [0.2, 0.25) is 5.02 Å². The van der Waals surface area contributed by atoms with Gasteiger partial charge in [0.05, 0.1) is 24.9 Å². The van der Waals surface area contributed by atoms with Gasteiger partial charge in [-0.1, -0.05) is 17.7 Å². The highest BCUT2D eigenvalue weighted by atomic mass is 35.5. The zero-order valence-electron chi connectivity index (χ0n) is 13.3. The molecule has 0 unspecified atom stereocenters. The Balaban J connectivity index is 1.65. The number of methoxy groups -OCH3 is 1. The number of rotatable bonds is 8. The molecule has 2 heterocycles. The Morgan fingerprint density at radius 2 is 2.12 bits per heavy atom. The average Bonchev–Trinajstić information content (AvgIpc) is 3.27. The van der Waals surface area contributed by atoms with Gasteiger partial charge in [0.15, 0.2) is 11.5 Å². The maximum absolute atomic E-state index is 6.38. The first-order valence-corrected chi connectivity index (χ1v) is 8.76. The molecule has 1 aromatic carbocycles. The number of nitrogens with one attached hydrogen (secondary N) is 1.